The van der Waals surface area contributed by atoms with Gasteiger partial charge in [0.05, 0.1) is 0 Å². The summed E-state index contributed by atoms with van der Waals surface area (Å²) in [5, 5.41) is 19.5. The third-order valence-corrected chi connectivity index (χ3v) is 7.40. The average Bonchev–Trinajstić information content (AvgIpc) is 2.88. The molecule has 170 valence electrons. The fraction of sp³-hybridized carbons (Fsp3) is 0.600. The predicted octanol–water partition coefficient (Wildman–Crippen LogP) is 4.79. The fourth-order valence-electron chi connectivity index (χ4n) is 4.02. The summed E-state index contributed by atoms with van der Waals surface area (Å²) in [6, 6.07) is -1.03. The molecule has 1 atom stereocenters. The second-order valence-electron chi connectivity index (χ2n) is 7.96. The third-order valence-electron chi connectivity index (χ3n) is 5.77. The molecule has 0 saturated heterocycles. The molecule has 1 aromatic rings. The van der Waals surface area contributed by atoms with E-state index in [1.807, 2.05) is 19.2 Å². The molecule has 1 fully saturated rings. The van der Waals surface area contributed by atoms with Crippen LogP contribution in [0, 0.1) is 30.6 Å². The summed E-state index contributed by atoms with van der Waals surface area (Å²) in [4.78, 5) is 18.6. The minimum Gasteiger partial charge on any atom is -0.346 e. The van der Waals surface area contributed by atoms with Crippen LogP contribution in [0.15, 0.2) is 4.99 Å². The zero-order valence-corrected chi connectivity index (χ0v) is 19.1. The number of amides is 1. The molecule has 0 aromatic carbocycles. The maximum Gasteiger partial charge on any atom is 0.471 e. The summed E-state index contributed by atoms with van der Waals surface area (Å²) >= 11 is 7.71. The van der Waals surface area contributed by atoms with E-state index in [-0.39, 0.29) is 23.0 Å². The number of rotatable bonds is 3. The normalized spacial score (nSPS) is 24.4. The molecule has 0 bridgehead atoms. The van der Waals surface area contributed by atoms with Crippen molar-refractivity contribution < 1.29 is 18.0 Å². The Morgan fingerprint density at radius 1 is 1.29 bits per heavy atom. The van der Waals surface area contributed by atoms with Gasteiger partial charge in [0.1, 0.15) is 22.7 Å². The summed E-state index contributed by atoms with van der Waals surface area (Å²) in [5.74, 6) is -2.07. The van der Waals surface area contributed by atoms with Crippen molar-refractivity contribution in [3.63, 3.8) is 0 Å². The lowest BCUT2D eigenvalue weighted by Gasteiger charge is -2.27. The summed E-state index contributed by atoms with van der Waals surface area (Å²) in [6.07, 6.45) is -1.81. The van der Waals surface area contributed by atoms with E-state index >= 15 is 0 Å². The molecule has 11 heteroatoms. The number of nitrogens with zero attached hydrogens (tertiary/aromatic N) is 2. The molecular weight excluding hydrogens is 451 g/mol. The molecule has 31 heavy (non-hydrogen) atoms. The van der Waals surface area contributed by atoms with E-state index in [2.05, 4.69) is 0 Å². The summed E-state index contributed by atoms with van der Waals surface area (Å²) in [6.45, 7) is 4.98. The molecule has 0 spiro atoms. The number of amidine groups is 2. The van der Waals surface area contributed by atoms with Crippen LogP contribution in [0.4, 0.5) is 18.2 Å². The predicted molar refractivity (Wildman–Crippen MR) is 118 cm³/mol. The first-order valence-corrected chi connectivity index (χ1v) is 11.3. The Hall–Kier alpha value is -1.94. The molecule has 2 heterocycles. The number of aryl methyl sites for hydroxylation is 1. The third kappa shape index (κ3) is 4.79. The highest BCUT2D eigenvalue weighted by molar-refractivity contribution is 7.17. The molecule has 1 unspecified atom stereocenters. The van der Waals surface area contributed by atoms with Crippen molar-refractivity contribution in [2.75, 3.05) is 11.4 Å². The largest absolute Gasteiger partial charge is 0.471 e. The van der Waals surface area contributed by atoms with Crippen LogP contribution in [0.25, 0.3) is 0 Å². The van der Waals surface area contributed by atoms with Gasteiger partial charge in [0.2, 0.25) is 0 Å². The Kier molecular flexibility index (Phi) is 6.81. The lowest BCUT2D eigenvalue weighted by molar-refractivity contribution is -0.173. The number of hydrogen-bond acceptors (Lipinski definition) is 5. The van der Waals surface area contributed by atoms with Crippen molar-refractivity contribution in [1.82, 2.24) is 5.32 Å². The zero-order valence-electron chi connectivity index (χ0n) is 17.5. The van der Waals surface area contributed by atoms with Crippen LogP contribution in [0.3, 0.4) is 0 Å². The number of carbonyl (C=O) groups is 1. The molecule has 1 amide bonds. The average molecular weight is 476 g/mol. The number of carbonyl (C=O) groups excluding carboxylic acids is 1. The fourth-order valence-corrected chi connectivity index (χ4v) is 5.50. The monoisotopic (exact) mass is 475 g/mol. The molecule has 1 aromatic heterocycles. The second kappa shape index (κ2) is 8.90. The van der Waals surface area contributed by atoms with Gasteiger partial charge in [0.25, 0.3) is 0 Å². The van der Waals surface area contributed by atoms with E-state index in [4.69, 9.17) is 27.4 Å². The molecular formula is C20H25ClF3N5OS. The Morgan fingerprint density at radius 2 is 1.90 bits per heavy atom. The molecule has 1 saturated carbocycles. The Labute approximate surface area is 187 Å². The van der Waals surface area contributed by atoms with Crippen LogP contribution in [0.5, 0.6) is 0 Å². The van der Waals surface area contributed by atoms with Gasteiger partial charge >= 0.3 is 12.1 Å². The number of fused-ring (bicyclic) bond motifs is 1. The van der Waals surface area contributed by atoms with Crippen LogP contribution in [-0.4, -0.2) is 47.4 Å². The van der Waals surface area contributed by atoms with Gasteiger partial charge in [-0.25, -0.2) is 0 Å². The van der Waals surface area contributed by atoms with Gasteiger partial charge in [-0.05, 0) is 52.0 Å². The number of anilines is 1. The van der Waals surface area contributed by atoms with E-state index in [1.165, 1.54) is 23.2 Å². The second-order valence-corrected chi connectivity index (χ2v) is 9.78. The zero-order chi connectivity index (χ0) is 23.1. The van der Waals surface area contributed by atoms with E-state index in [9.17, 15) is 18.0 Å². The highest BCUT2D eigenvalue weighted by Gasteiger charge is 2.41. The van der Waals surface area contributed by atoms with Gasteiger partial charge in [-0.3, -0.25) is 25.5 Å². The highest BCUT2D eigenvalue weighted by Crippen LogP contribution is 2.42. The van der Waals surface area contributed by atoms with Gasteiger partial charge in [-0.1, -0.05) is 0 Å². The maximum atomic E-state index is 12.7. The molecule has 3 N–H and O–H groups in total. The van der Waals surface area contributed by atoms with Crippen LogP contribution in [-0.2, 0) is 4.79 Å². The van der Waals surface area contributed by atoms with E-state index < -0.39 is 24.7 Å². The van der Waals surface area contributed by atoms with Crippen molar-refractivity contribution in [3.05, 3.63) is 16.0 Å². The number of nitrogens with one attached hydrogen (secondary N) is 3. The summed E-state index contributed by atoms with van der Waals surface area (Å²) < 4.78 is 38.1. The first-order valence-electron chi connectivity index (χ1n) is 10.0. The number of halogens is 4. The standard InChI is InChI=1S/C20H25ClF3N5OS/c1-9-10(2)31-18-15(9)16(12-4-6-13(21)7-5-12)28-14(17(26)29(18)11(3)25)8-27-19(30)20(22,23)24/h12-14,25-26H,4-8H2,1-3H3,(H,27,30). The SMILES string of the molecule is CC(=N)N1C(=N)C(CNC(=O)C(F)(F)F)N=C(C2CCC(Cl)CC2)c2c1sc(C)c2C. The lowest BCUT2D eigenvalue weighted by atomic mass is 9.82. The smallest absolute Gasteiger partial charge is 0.346 e. The Balaban J connectivity index is 2.07. The van der Waals surface area contributed by atoms with Gasteiger partial charge in [0, 0.05) is 34.0 Å². The molecule has 6 nitrogen and oxygen atoms in total. The first-order chi connectivity index (χ1) is 14.4. The maximum absolute atomic E-state index is 12.7. The number of thiophene rings is 1. The lowest BCUT2D eigenvalue weighted by Crippen LogP contribution is -2.47. The van der Waals surface area contributed by atoms with Crippen molar-refractivity contribution >= 4 is 51.2 Å². The Bertz CT molecular complexity index is 934. The number of aliphatic imine (C=N–C) groups is 1. The van der Waals surface area contributed by atoms with Crippen molar-refractivity contribution in [3.8, 4) is 0 Å². The quantitative estimate of drug-likeness (QED) is 0.333. The van der Waals surface area contributed by atoms with Crippen LogP contribution >= 0.6 is 22.9 Å². The minimum atomic E-state index is -5.01. The van der Waals surface area contributed by atoms with Gasteiger partial charge in [-0.2, -0.15) is 13.2 Å². The number of alkyl halides is 4. The van der Waals surface area contributed by atoms with Crippen molar-refractivity contribution in [2.45, 2.75) is 64.0 Å². The molecule has 2 aliphatic rings. The minimum absolute atomic E-state index is 0.0565. The topological polar surface area (TPSA) is 92.4 Å². The summed E-state index contributed by atoms with van der Waals surface area (Å²) in [5.41, 5.74) is 2.58. The van der Waals surface area contributed by atoms with Crippen LogP contribution in [0.1, 0.15) is 48.6 Å². The molecule has 1 aliphatic carbocycles. The van der Waals surface area contributed by atoms with Crippen LogP contribution in [0.2, 0.25) is 0 Å². The molecule has 3 rings (SSSR count). The number of hydrogen-bond donors (Lipinski definition) is 3. The van der Waals surface area contributed by atoms with Gasteiger partial charge in [-0.15, -0.1) is 22.9 Å². The Morgan fingerprint density at radius 3 is 2.45 bits per heavy atom. The van der Waals surface area contributed by atoms with Crippen molar-refractivity contribution in [1.29, 1.82) is 10.8 Å². The molecule has 0 radical (unpaired) electrons. The first kappa shape index (κ1) is 23.7. The van der Waals surface area contributed by atoms with Gasteiger partial charge < -0.3 is 5.32 Å². The molecule has 1 aliphatic heterocycles. The van der Waals surface area contributed by atoms with Crippen molar-refractivity contribution in [2.24, 2.45) is 10.9 Å². The van der Waals surface area contributed by atoms with Gasteiger partial charge in [0.15, 0.2) is 0 Å². The van der Waals surface area contributed by atoms with Crippen LogP contribution < -0.4 is 10.2 Å². The van der Waals surface area contributed by atoms with E-state index in [0.717, 1.165) is 47.4 Å². The highest BCUT2D eigenvalue weighted by atomic mass is 35.5. The van der Waals surface area contributed by atoms with E-state index in [0.29, 0.717) is 5.00 Å². The van der Waals surface area contributed by atoms with E-state index in [1.54, 1.807) is 0 Å². The summed E-state index contributed by atoms with van der Waals surface area (Å²) in [7, 11) is 0.